The summed E-state index contributed by atoms with van der Waals surface area (Å²) in [6, 6.07) is 8.12. The van der Waals surface area contributed by atoms with Crippen LogP contribution in [0.5, 0.6) is 11.5 Å². The van der Waals surface area contributed by atoms with Crippen LogP contribution >= 0.6 is 11.3 Å². The quantitative estimate of drug-likeness (QED) is 0.625. The molecular weight excluding hydrogens is 403 g/mol. The summed E-state index contributed by atoms with van der Waals surface area (Å²) >= 11 is 1.56. The number of likely N-dealkylation sites (N-methyl/N-ethyl adjacent to an activating group) is 1. The summed E-state index contributed by atoms with van der Waals surface area (Å²) < 4.78 is 20.8. The molecule has 2 aromatic heterocycles. The van der Waals surface area contributed by atoms with Gasteiger partial charge >= 0.3 is 0 Å². The highest BCUT2D eigenvalue weighted by atomic mass is 32.1. The zero-order valence-corrected chi connectivity index (χ0v) is 17.7. The first-order chi connectivity index (χ1) is 14.4. The Kier molecular flexibility index (Phi) is 5.69. The van der Waals surface area contributed by atoms with Crippen molar-refractivity contribution in [1.29, 1.82) is 0 Å². The predicted molar refractivity (Wildman–Crippen MR) is 118 cm³/mol. The smallest absolute Gasteiger partial charge is 0.237 e. The van der Waals surface area contributed by atoms with Crippen LogP contribution in [0.1, 0.15) is 11.3 Å². The maximum atomic E-state index is 14.2. The van der Waals surface area contributed by atoms with E-state index in [1.807, 2.05) is 30.0 Å². The first-order valence-electron chi connectivity index (χ1n) is 9.64. The van der Waals surface area contributed by atoms with E-state index in [4.69, 9.17) is 10.5 Å². The molecule has 4 rings (SSSR count). The number of nitrogens with two attached hydrogens (primary N) is 1. The molecule has 0 fully saturated rings. The third kappa shape index (κ3) is 4.29. The molecule has 1 aliphatic heterocycles. The molecular formula is C22H23FN4O2S. The number of nitrogen functional groups attached to an aromatic ring is 1. The van der Waals surface area contributed by atoms with Crippen molar-refractivity contribution in [2.75, 3.05) is 39.5 Å². The van der Waals surface area contributed by atoms with Gasteiger partial charge in [-0.15, -0.1) is 11.3 Å². The fraction of sp³-hybridized carbons (Fsp3) is 0.273. The molecule has 3 heterocycles. The summed E-state index contributed by atoms with van der Waals surface area (Å²) in [5.74, 6) is 0.307. The van der Waals surface area contributed by atoms with Crippen LogP contribution in [-0.2, 0) is 4.79 Å². The van der Waals surface area contributed by atoms with Gasteiger partial charge in [0, 0.05) is 42.0 Å². The fourth-order valence-electron chi connectivity index (χ4n) is 3.36. The average Bonchev–Trinajstić information content (AvgIpc) is 3.15. The average molecular weight is 427 g/mol. The number of thiophene rings is 1. The van der Waals surface area contributed by atoms with Crippen molar-refractivity contribution in [3.8, 4) is 11.5 Å². The maximum absolute atomic E-state index is 14.2. The number of ether oxygens (including phenoxy) is 1. The van der Waals surface area contributed by atoms with E-state index in [9.17, 15) is 9.18 Å². The second-order valence-corrected chi connectivity index (χ2v) is 8.54. The molecule has 156 valence electrons. The molecule has 30 heavy (non-hydrogen) atoms. The lowest BCUT2D eigenvalue weighted by molar-refractivity contribution is -0.131. The third-order valence-electron chi connectivity index (χ3n) is 4.88. The van der Waals surface area contributed by atoms with Gasteiger partial charge in [0.25, 0.3) is 0 Å². The van der Waals surface area contributed by atoms with Crippen molar-refractivity contribution in [3.63, 3.8) is 0 Å². The number of benzene rings is 1. The minimum atomic E-state index is -0.505. The van der Waals surface area contributed by atoms with Gasteiger partial charge in [0.05, 0.1) is 16.8 Å². The lowest BCUT2D eigenvalue weighted by atomic mass is 10.1. The Hall–Kier alpha value is -2.97. The van der Waals surface area contributed by atoms with Crippen molar-refractivity contribution in [1.82, 2.24) is 14.8 Å². The molecule has 1 aromatic carbocycles. The van der Waals surface area contributed by atoms with Crippen molar-refractivity contribution in [3.05, 3.63) is 53.3 Å². The minimum Gasteiger partial charge on any atom is -0.453 e. The summed E-state index contributed by atoms with van der Waals surface area (Å²) in [7, 11) is 3.78. The van der Waals surface area contributed by atoms with Crippen LogP contribution in [0, 0.1) is 5.82 Å². The van der Waals surface area contributed by atoms with E-state index in [2.05, 4.69) is 11.1 Å². The highest BCUT2D eigenvalue weighted by Crippen LogP contribution is 2.39. The molecule has 0 aliphatic carbocycles. The topological polar surface area (TPSA) is 71.7 Å². The van der Waals surface area contributed by atoms with E-state index in [0.717, 1.165) is 21.5 Å². The molecule has 0 spiro atoms. The number of fused-ring (bicyclic) bond motifs is 1. The van der Waals surface area contributed by atoms with Crippen LogP contribution in [0.4, 0.5) is 10.1 Å². The van der Waals surface area contributed by atoms with Gasteiger partial charge in [-0.2, -0.15) is 0 Å². The SMILES string of the molecule is CN(C)CC(=O)N1CC=C(c2cc3nccc(Oc4ccc(N)cc4F)c3s2)CC1. The molecule has 2 N–H and O–H groups in total. The van der Waals surface area contributed by atoms with Gasteiger partial charge < -0.3 is 20.3 Å². The summed E-state index contributed by atoms with van der Waals surface area (Å²) in [5.41, 5.74) is 7.95. The number of rotatable bonds is 5. The van der Waals surface area contributed by atoms with Gasteiger partial charge in [-0.05, 0) is 44.3 Å². The van der Waals surface area contributed by atoms with E-state index in [1.54, 1.807) is 29.7 Å². The molecule has 0 bridgehead atoms. The van der Waals surface area contributed by atoms with Gasteiger partial charge in [-0.25, -0.2) is 4.39 Å². The van der Waals surface area contributed by atoms with Crippen molar-refractivity contribution in [2.24, 2.45) is 0 Å². The molecule has 6 nitrogen and oxygen atoms in total. The molecule has 0 saturated carbocycles. The van der Waals surface area contributed by atoms with Gasteiger partial charge in [-0.3, -0.25) is 9.78 Å². The lowest BCUT2D eigenvalue weighted by Gasteiger charge is -2.27. The van der Waals surface area contributed by atoms with Crippen molar-refractivity contribution >= 4 is 38.7 Å². The minimum absolute atomic E-state index is 0.124. The molecule has 0 radical (unpaired) electrons. The number of hydrogen-bond acceptors (Lipinski definition) is 6. The van der Waals surface area contributed by atoms with Gasteiger partial charge in [0.1, 0.15) is 5.75 Å². The number of amides is 1. The highest BCUT2D eigenvalue weighted by molar-refractivity contribution is 7.20. The maximum Gasteiger partial charge on any atom is 0.237 e. The Labute approximate surface area is 178 Å². The zero-order valence-electron chi connectivity index (χ0n) is 16.9. The number of aromatic nitrogens is 1. The summed E-state index contributed by atoms with van der Waals surface area (Å²) in [5, 5.41) is 0. The van der Waals surface area contributed by atoms with Crippen molar-refractivity contribution < 1.29 is 13.9 Å². The monoisotopic (exact) mass is 426 g/mol. The number of anilines is 1. The van der Waals surface area contributed by atoms with E-state index < -0.39 is 5.82 Å². The van der Waals surface area contributed by atoms with Crippen LogP contribution in [-0.4, -0.2) is 54.4 Å². The Morgan fingerprint density at radius 2 is 2.13 bits per heavy atom. The molecule has 0 saturated heterocycles. The first kappa shape index (κ1) is 20.3. The van der Waals surface area contributed by atoms with Crippen LogP contribution < -0.4 is 10.5 Å². The van der Waals surface area contributed by atoms with Gasteiger partial charge in [-0.1, -0.05) is 6.08 Å². The molecule has 0 unspecified atom stereocenters. The largest absolute Gasteiger partial charge is 0.453 e. The first-order valence-corrected chi connectivity index (χ1v) is 10.5. The molecule has 0 atom stereocenters. The predicted octanol–water partition coefficient (Wildman–Crippen LogP) is 3.99. The van der Waals surface area contributed by atoms with Crippen LogP contribution in [0.25, 0.3) is 15.8 Å². The molecule has 1 amide bonds. The highest BCUT2D eigenvalue weighted by Gasteiger charge is 2.20. The standard InChI is InChI=1S/C22H23FN4O2S/c1-26(2)13-21(28)27-9-6-14(7-10-27)20-12-17-22(30-20)19(5-8-25-17)29-18-4-3-15(24)11-16(18)23/h3-6,8,11-12H,7,9-10,13,24H2,1-2H3. The summed E-state index contributed by atoms with van der Waals surface area (Å²) in [6.45, 7) is 1.71. The number of nitrogens with zero attached hydrogens (tertiary/aromatic N) is 3. The Morgan fingerprint density at radius 1 is 1.30 bits per heavy atom. The van der Waals surface area contributed by atoms with Crippen LogP contribution in [0.2, 0.25) is 0 Å². The Morgan fingerprint density at radius 3 is 2.83 bits per heavy atom. The third-order valence-corrected chi connectivity index (χ3v) is 6.10. The van der Waals surface area contributed by atoms with E-state index in [-0.39, 0.29) is 11.7 Å². The lowest BCUT2D eigenvalue weighted by Crippen LogP contribution is -2.40. The second kappa shape index (κ2) is 8.41. The van der Waals surface area contributed by atoms with E-state index in [1.165, 1.54) is 17.7 Å². The molecule has 3 aromatic rings. The zero-order chi connectivity index (χ0) is 21.3. The second-order valence-electron chi connectivity index (χ2n) is 7.48. The van der Waals surface area contributed by atoms with Gasteiger partial charge in [0.15, 0.2) is 11.6 Å². The van der Waals surface area contributed by atoms with Gasteiger partial charge in [0.2, 0.25) is 5.91 Å². The number of hydrogen-bond donors (Lipinski definition) is 1. The van der Waals surface area contributed by atoms with Crippen molar-refractivity contribution in [2.45, 2.75) is 6.42 Å². The Balaban J connectivity index is 1.56. The van der Waals surface area contributed by atoms with Crippen LogP contribution in [0.3, 0.4) is 0 Å². The molecule has 8 heteroatoms. The van der Waals surface area contributed by atoms with E-state index in [0.29, 0.717) is 31.1 Å². The van der Waals surface area contributed by atoms with Crippen LogP contribution in [0.15, 0.2) is 42.6 Å². The normalized spacial score (nSPS) is 14.3. The fourth-order valence-corrected chi connectivity index (χ4v) is 4.50. The van der Waals surface area contributed by atoms with E-state index >= 15 is 0 Å². The summed E-state index contributed by atoms with van der Waals surface area (Å²) in [6.07, 6.45) is 4.54. The number of pyridine rings is 1. The number of carbonyl (C=O) groups is 1. The number of carbonyl (C=O) groups excluding carboxylic acids is 1. The number of halogens is 1. The summed E-state index contributed by atoms with van der Waals surface area (Å²) in [4.78, 5) is 21.5. The Bertz CT molecular complexity index is 1130. The molecule has 1 aliphatic rings.